The van der Waals surface area contributed by atoms with Gasteiger partial charge >= 0.3 is 0 Å². The lowest BCUT2D eigenvalue weighted by atomic mass is 10.4. The number of pyridine rings is 1. The Hall–Kier alpha value is -0.500. The van der Waals surface area contributed by atoms with E-state index in [2.05, 4.69) is 20.9 Å². The van der Waals surface area contributed by atoms with Crippen molar-refractivity contribution < 1.29 is 0 Å². The molecule has 0 saturated heterocycles. The normalized spacial score (nSPS) is 10.6. The van der Waals surface area contributed by atoms with Crippen molar-refractivity contribution in [2.24, 2.45) is 5.73 Å². The Morgan fingerprint density at radius 3 is 2.83 bits per heavy atom. The summed E-state index contributed by atoms with van der Waals surface area (Å²) in [6.07, 6.45) is 5.61. The summed E-state index contributed by atoms with van der Waals surface area (Å²) in [4.78, 5) is 7.14. The molecule has 0 atom stereocenters. The first-order chi connectivity index (χ1) is 8.60. The van der Waals surface area contributed by atoms with Crippen LogP contribution >= 0.6 is 50.8 Å². The summed E-state index contributed by atoms with van der Waals surface area (Å²) >= 11 is 8.26. The van der Waals surface area contributed by atoms with E-state index < -0.39 is 0 Å². The van der Waals surface area contributed by atoms with Crippen LogP contribution in [0.4, 0.5) is 0 Å². The highest BCUT2D eigenvalue weighted by molar-refractivity contribution is 9.10. The first kappa shape index (κ1) is 13.9. The summed E-state index contributed by atoms with van der Waals surface area (Å²) in [6, 6.07) is 3.98. The molecule has 3 nitrogen and oxygen atoms in total. The summed E-state index contributed by atoms with van der Waals surface area (Å²) < 4.78 is 2.13. The molecule has 3 N–H and O–H groups in total. The van der Waals surface area contributed by atoms with Crippen LogP contribution < -0.4 is 5.73 Å². The number of rotatable bonds is 4. The molecule has 0 spiro atoms. The van der Waals surface area contributed by atoms with Gasteiger partial charge in [-0.1, -0.05) is 11.8 Å². The lowest BCUT2D eigenvalue weighted by molar-refractivity contribution is 1.21. The summed E-state index contributed by atoms with van der Waals surface area (Å²) in [5.41, 5.74) is 5.52. The van der Waals surface area contributed by atoms with Crippen molar-refractivity contribution in [1.82, 2.24) is 4.98 Å². The van der Waals surface area contributed by atoms with Gasteiger partial charge in [-0.05, 0) is 34.3 Å². The van der Waals surface area contributed by atoms with Gasteiger partial charge < -0.3 is 5.73 Å². The maximum Gasteiger partial charge on any atom is 0.133 e. The number of halogens is 1. The molecule has 0 aromatic carbocycles. The van der Waals surface area contributed by atoms with Crippen LogP contribution in [0.15, 0.2) is 43.0 Å². The molecule has 2 heterocycles. The predicted octanol–water partition coefficient (Wildman–Crippen LogP) is 4.06. The topological polar surface area (TPSA) is 62.8 Å². The summed E-state index contributed by atoms with van der Waals surface area (Å²) in [5, 5.41) is 7.48. The van der Waals surface area contributed by atoms with Gasteiger partial charge in [-0.3, -0.25) is 10.4 Å². The number of amidine groups is 1. The van der Waals surface area contributed by atoms with Gasteiger partial charge in [0.25, 0.3) is 0 Å². The van der Waals surface area contributed by atoms with Gasteiger partial charge in [0, 0.05) is 26.7 Å². The molecular weight excluding hydrogens is 350 g/mol. The van der Waals surface area contributed by atoms with Crippen LogP contribution in [0, 0.1) is 5.41 Å². The van der Waals surface area contributed by atoms with E-state index in [-0.39, 0.29) is 5.84 Å². The molecule has 0 saturated carbocycles. The molecule has 0 amide bonds. The Bertz CT molecular complexity index is 583. The highest BCUT2D eigenvalue weighted by atomic mass is 79.9. The lowest BCUT2D eigenvalue weighted by Crippen LogP contribution is -2.08. The average molecular weight is 360 g/mol. The first-order valence-electron chi connectivity index (χ1n) is 4.90. The molecule has 2 rings (SSSR count). The third-order valence-electron chi connectivity index (χ3n) is 2.02. The van der Waals surface area contributed by atoms with Gasteiger partial charge in [-0.2, -0.15) is 0 Å². The maximum absolute atomic E-state index is 7.48. The van der Waals surface area contributed by atoms with Gasteiger partial charge in [0.05, 0.1) is 9.09 Å². The van der Waals surface area contributed by atoms with Crippen molar-refractivity contribution in [3.63, 3.8) is 0 Å². The van der Waals surface area contributed by atoms with Crippen molar-refractivity contribution in [1.29, 1.82) is 5.41 Å². The van der Waals surface area contributed by atoms with E-state index >= 15 is 0 Å². The van der Waals surface area contributed by atoms with Crippen molar-refractivity contribution in [2.75, 3.05) is 6.26 Å². The summed E-state index contributed by atoms with van der Waals surface area (Å²) in [7, 11) is 0. The first-order valence-corrected chi connectivity index (χ1v) is 8.56. The fourth-order valence-electron chi connectivity index (χ4n) is 1.28. The number of nitrogen functional groups attached to an aromatic ring is 1. The SMILES string of the molecule is CSc1sc(C(=N)N)cc1Sc1cncc(Br)c1. The molecule has 7 heteroatoms. The zero-order chi connectivity index (χ0) is 13.1. The minimum Gasteiger partial charge on any atom is -0.383 e. The minimum atomic E-state index is 0.120. The fraction of sp³-hybridized carbons (Fsp3) is 0.0909. The van der Waals surface area contributed by atoms with Crippen LogP contribution in [-0.4, -0.2) is 17.1 Å². The molecular formula is C11H10BrN3S3. The lowest BCUT2D eigenvalue weighted by Gasteiger charge is -2.01. The van der Waals surface area contributed by atoms with Crippen LogP contribution in [0.1, 0.15) is 4.88 Å². The number of nitrogens with zero attached hydrogens (tertiary/aromatic N) is 1. The van der Waals surface area contributed by atoms with E-state index in [0.29, 0.717) is 0 Å². The number of thioether (sulfide) groups is 1. The number of hydrogen-bond acceptors (Lipinski definition) is 5. The Labute approximate surface area is 126 Å². The van der Waals surface area contributed by atoms with Gasteiger partial charge in [0.2, 0.25) is 0 Å². The molecule has 18 heavy (non-hydrogen) atoms. The van der Waals surface area contributed by atoms with Crippen molar-refractivity contribution >= 4 is 56.6 Å². The van der Waals surface area contributed by atoms with Crippen molar-refractivity contribution in [3.8, 4) is 0 Å². The van der Waals surface area contributed by atoms with Crippen LogP contribution in [0.3, 0.4) is 0 Å². The maximum atomic E-state index is 7.48. The van der Waals surface area contributed by atoms with Crippen molar-refractivity contribution in [3.05, 3.63) is 33.9 Å². The number of nitrogens with one attached hydrogen (secondary N) is 1. The Balaban J connectivity index is 2.30. The third-order valence-corrected chi connectivity index (χ3v) is 6.02. The van der Waals surface area contributed by atoms with Crippen LogP contribution in [0.5, 0.6) is 0 Å². The molecule has 94 valence electrons. The van der Waals surface area contributed by atoms with Gasteiger partial charge in [-0.15, -0.1) is 23.1 Å². The second kappa shape index (κ2) is 6.10. The Kier molecular flexibility index (Phi) is 4.71. The smallest absolute Gasteiger partial charge is 0.133 e. The average Bonchev–Trinajstić information content (AvgIpc) is 2.72. The molecule has 0 fully saturated rings. The van der Waals surface area contributed by atoms with Crippen molar-refractivity contribution in [2.45, 2.75) is 14.0 Å². The molecule has 0 aliphatic carbocycles. The molecule has 0 unspecified atom stereocenters. The van der Waals surface area contributed by atoms with E-state index in [0.717, 1.165) is 19.1 Å². The largest absolute Gasteiger partial charge is 0.383 e. The minimum absolute atomic E-state index is 0.120. The Morgan fingerprint density at radius 2 is 2.22 bits per heavy atom. The van der Waals surface area contributed by atoms with E-state index in [1.165, 1.54) is 4.21 Å². The van der Waals surface area contributed by atoms with Gasteiger partial charge in [0.15, 0.2) is 0 Å². The highest BCUT2D eigenvalue weighted by Gasteiger charge is 2.11. The number of aromatic nitrogens is 1. The highest BCUT2D eigenvalue weighted by Crippen LogP contribution is 2.40. The summed E-state index contributed by atoms with van der Waals surface area (Å²) in [6.45, 7) is 0. The second-order valence-electron chi connectivity index (χ2n) is 3.32. The molecule has 0 bridgehead atoms. The van der Waals surface area contributed by atoms with E-state index in [4.69, 9.17) is 11.1 Å². The van der Waals surface area contributed by atoms with E-state index in [1.807, 2.05) is 24.6 Å². The van der Waals surface area contributed by atoms with E-state index in [1.54, 1.807) is 41.1 Å². The summed E-state index contributed by atoms with van der Waals surface area (Å²) in [5.74, 6) is 0.120. The molecule has 0 aliphatic heterocycles. The molecule has 0 aliphatic rings. The number of thiophene rings is 1. The van der Waals surface area contributed by atoms with Crippen LogP contribution in [0.2, 0.25) is 0 Å². The monoisotopic (exact) mass is 359 g/mol. The quantitative estimate of drug-likeness (QED) is 0.490. The fourth-order valence-corrected chi connectivity index (χ4v) is 4.82. The molecule has 2 aromatic heterocycles. The van der Waals surface area contributed by atoms with E-state index in [9.17, 15) is 0 Å². The molecule has 2 aromatic rings. The zero-order valence-electron chi connectivity index (χ0n) is 9.44. The van der Waals surface area contributed by atoms with Gasteiger partial charge in [0.1, 0.15) is 5.84 Å². The standard InChI is InChI=1S/C11H10BrN3S3/c1-16-11-9(3-8(18-11)10(13)14)17-7-2-6(12)4-15-5-7/h2-5H,1H3,(H3,13,14). The molecule has 0 radical (unpaired) electrons. The number of hydrogen-bond donors (Lipinski definition) is 2. The number of nitrogens with two attached hydrogens (primary N) is 1. The second-order valence-corrected chi connectivity index (χ2v) is 7.48. The Morgan fingerprint density at radius 1 is 1.44 bits per heavy atom. The zero-order valence-corrected chi connectivity index (χ0v) is 13.5. The van der Waals surface area contributed by atoms with Crippen LogP contribution in [-0.2, 0) is 0 Å². The van der Waals surface area contributed by atoms with Gasteiger partial charge in [-0.25, -0.2) is 0 Å². The van der Waals surface area contributed by atoms with Crippen LogP contribution in [0.25, 0.3) is 0 Å². The third kappa shape index (κ3) is 3.28. The predicted molar refractivity (Wildman–Crippen MR) is 83.2 cm³/mol.